The Morgan fingerprint density at radius 2 is 1.92 bits per heavy atom. The number of carbonyl (C=O) groups is 2. The van der Waals surface area contributed by atoms with Gasteiger partial charge >= 0.3 is 0 Å². The Labute approximate surface area is 161 Å². The first-order valence-electron chi connectivity index (χ1n) is 8.47. The van der Waals surface area contributed by atoms with Gasteiger partial charge in [-0.2, -0.15) is 0 Å². The van der Waals surface area contributed by atoms with Crippen molar-refractivity contribution in [3.63, 3.8) is 0 Å². The average molecular weight is 421 g/mol. The SMILES string of the molecule is CCNC(=O)[C@@H](C)N(Cc1cccc(Br)c1)C(=O)Cc1ccccc1F. The van der Waals surface area contributed by atoms with Gasteiger partial charge in [0.05, 0.1) is 6.42 Å². The highest BCUT2D eigenvalue weighted by Gasteiger charge is 2.26. The first kappa shape index (κ1) is 20.1. The van der Waals surface area contributed by atoms with Gasteiger partial charge in [0, 0.05) is 17.6 Å². The fourth-order valence-corrected chi connectivity index (χ4v) is 3.09. The van der Waals surface area contributed by atoms with E-state index in [0.717, 1.165) is 10.0 Å². The lowest BCUT2D eigenvalue weighted by molar-refractivity contribution is -0.140. The summed E-state index contributed by atoms with van der Waals surface area (Å²) in [6.07, 6.45) is -0.0928. The molecule has 26 heavy (non-hydrogen) atoms. The standard InChI is InChI=1S/C20H22BrFN2O2/c1-3-23-20(26)14(2)24(13-15-7-6-9-17(21)11-15)19(25)12-16-8-4-5-10-18(16)22/h4-11,14H,3,12-13H2,1-2H3,(H,23,26)/t14-/m1/s1. The van der Waals surface area contributed by atoms with Gasteiger partial charge in [0.1, 0.15) is 11.9 Å². The molecule has 1 atom stereocenters. The minimum absolute atomic E-state index is 0.0928. The lowest BCUT2D eigenvalue weighted by atomic mass is 10.1. The molecule has 0 bridgehead atoms. The second kappa shape index (κ2) is 9.48. The Balaban J connectivity index is 2.25. The summed E-state index contributed by atoms with van der Waals surface area (Å²) in [5.74, 6) is -0.952. The number of hydrogen-bond donors (Lipinski definition) is 1. The molecule has 1 N–H and O–H groups in total. The summed E-state index contributed by atoms with van der Waals surface area (Å²) in [5.41, 5.74) is 1.21. The molecule has 2 aromatic carbocycles. The molecule has 2 aromatic rings. The minimum atomic E-state index is -0.659. The molecule has 138 valence electrons. The Morgan fingerprint density at radius 3 is 2.58 bits per heavy atom. The number of halogens is 2. The molecule has 2 amide bonds. The van der Waals surface area contributed by atoms with Crippen molar-refractivity contribution in [3.8, 4) is 0 Å². The van der Waals surface area contributed by atoms with Gasteiger partial charge in [0.25, 0.3) is 0 Å². The normalized spacial score (nSPS) is 11.7. The van der Waals surface area contributed by atoms with E-state index in [2.05, 4.69) is 21.2 Å². The Hall–Kier alpha value is -2.21. The van der Waals surface area contributed by atoms with Crippen molar-refractivity contribution in [3.05, 3.63) is 69.9 Å². The van der Waals surface area contributed by atoms with Crippen LogP contribution in [0.4, 0.5) is 4.39 Å². The van der Waals surface area contributed by atoms with Crippen molar-refractivity contribution < 1.29 is 14.0 Å². The maximum absolute atomic E-state index is 13.9. The van der Waals surface area contributed by atoms with Gasteiger partial charge in [-0.15, -0.1) is 0 Å². The molecule has 0 saturated heterocycles. The van der Waals surface area contributed by atoms with Gasteiger partial charge in [-0.1, -0.05) is 46.3 Å². The lowest BCUT2D eigenvalue weighted by Gasteiger charge is -2.29. The van der Waals surface area contributed by atoms with Crippen LogP contribution in [-0.4, -0.2) is 29.3 Å². The third-order valence-electron chi connectivity index (χ3n) is 4.06. The van der Waals surface area contributed by atoms with Crippen LogP contribution < -0.4 is 5.32 Å². The molecule has 0 aliphatic rings. The van der Waals surface area contributed by atoms with E-state index < -0.39 is 11.9 Å². The van der Waals surface area contributed by atoms with E-state index >= 15 is 0 Å². The zero-order chi connectivity index (χ0) is 19.1. The van der Waals surface area contributed by atoms with Gasteiger partial charge in [-0.25, -0.2) is 4.39 Å². The molecule has 0 radical (unpaired) electrons. The number of amides is 2. The lowest BCUT2D eigenvalue weighted by Crippen LogP contribution is -2.48. The Morgan fingerprint density at radius 1 is 1.19 bits per heavy atom. The summed E-state index contributed by atoms with van der Waals surface area (Å²) in [5, 5.41) is 2.74. The van der Waals surface area contributed by atoms with E-state index in [0.29, 0.717) is 12.1 Å². The van der Waals surface area contributed by atoms with Crippen LogP contribution >= 0.6 is 15.9 Å². The third-order valence-corrected chi connectivity index (χ3v) is 4.55. The number of hydrogen-bond acceptors (Lipinski definition) is 2. The van der Waals surface area contributed by atoms with E-state index in [-0.39, 0.29) is 24.8 Å². The summed E-state index contributed by atoms with van der Waals surface area (Å²) < 4.78 is 14.8. The molecule has 0 aromatic heterocycles. The predicted molar refractivity (Wildman–Crippen MR) is 103 cm³/mol. The molecular formula is C20H22BrFN2O2. The van der Waals surface area contributed by atoms with Gasteiger partial charge < -0.3 is 10.2 Å². The summed E-state index contributed by atoms with van der Waals surface area (Å²) in [6.45, 7) is 4.26. The monoisotopic (exact) mass is 420 g/mol. The minimum Gasteiger partial charge on any atom is -0.355 e. The van der Waals surface area contributed by atoms with Crippen molar-refractivity contribution in [2.45, 2.75) is 32.9 Å². The van der Waals surface area contributed by atoms with E-state index in [1.807, 2.05) is 31.2 Å². The molecule has 0 aliphatic carbocycles. The zero-order valence-corrected chi connectivity index (χ0v) is 16.4. The molecule has 0 spiro atoms. The maximum atomic E-state index is 13.9. The van der Waals surface area contributed by atoms with Crippen LogP contribution in [0.15, 0.2) is 53.0 Å². The van der Waals surface area contributed by atoms with E-state index in [4.69, 9.17) is 0 Å². The summed E-state index contributed by atoms with van der Waals surface area (Å²) in [7, 11) is 0. The molecule has 0 heterocycles. The third kappa shape index (κ3) is 5.39. The van der Waals surface area contributed by atoms with Gasteiger partial charge in [-0.3, -0.25) is 9.59 Å². The fraction of sp³-hybridized carbons (Fsp3) is 0.300. The van der Waals surface area contributed by atoms with Crippen LogP contribution in [0.1, 0.15) is 25.0 Å². The average Bonchev–Trinajstić information content (AvgIpc) is 2.61. The molecule has 0 aliphatic heterocycles. The van der Waals surface area contributed by atoms with E-state index in [9.17, 15) is 14.0 Å². The Bertz CT molecular complexity index is 782. The van der Waals surface area contributed by atoms with Crippen molar-refractivity contribution in [1.82, 2.24) is 10.2 Å². The van der Waals surface area contributed by atoms with Crippen LogP contribution in [0.25, 0.3) is 0 Å². The molecule has 4 nitrogen and oxygen atoms in total. The summed E-state index contributed by atoms with van der Waals surface area (Å²) >= 11 is 3.41. The molecule has 2 rings (SSSR count). The number of likely N-dealkylation sites (N-methyl/N-ethyl adjacent to an activating group) is 1. The first-order valence-corrected chi connectivity index (χ1v) is 9.26. The topological polar surface area (TPSA) is 49.4 Å². The van der Waals surface area contributed by atoms with Crippen LogP contribution in [0.5, 0.6) is 0 Å². The predicted octanol–water partition coefficient (Wildman–Crippen LogP) is 3.68. The van der Waals surface area contributed by atoms with Gasteiger partial charge in [0.2, 0.25) is 11.8 Å². The number of nitrogens with zero attached hydrogens (tertiary/aromatic N) is 1. The quantitative estimate of drug-likeness (QED) is 0.742. The highest BCUT2D eigenvalue weighted by atomic mass is 79.9. The fourth-order valence-electron chi connectivity index (χ4n) is 2.64. The van der Waals surface area contributed by atoms with Crippen molar-refractivity contribution >= 4 is 27.7 Å². The number of carbonyl (C=O) groups excluding carboxylic acids is 2. The van der Waals surface area contributed by atoms with Crippen LogP contribution in [0.3, 0.4) is 0 Å². The van der Waals surface area contributed by atoms with Gasteiger partial charge in [0.15, 0.2) is 0 Å². The Kier molecular flexibility index (Phi) is 7.33. The van der Waals surface area contributed by atoms with Crippen LogP contribution in [0, 0.1) is 5.82 Å². The van der Waals surface area contributed by atoms with Crippen LogP contribution in [0.2, 0.25) is 0 Å². The molecular weight excluding hydrogens is 399 g/mol. The van der Waals surface area contributed by atoms with Crippen LogP contribution in [-0.2, 0) is 22.6 Å². The first-order chi connectivity index (χ1) is 12.4. The van der Waals surface area contributed by atoms with Gasteiger partial charge in [-0.05, 0) is 43.2 Å². The summed E-state index contributed by atoms with van der Waals surface area (Å²) in [4.78, 5) is 26.6. The highest BCUT2D eigenvalue weighted by molar-refractivity contribution is 9.10. The summed E-state index contributed by atoms with van der Waals surface area (Å²) in [6, 6.07) is 13.1. The zero-order valence-electron chi connectivity index (χ0n) is 14.8. The number of benzene rings is 2. The van der Waals surface area contributed by atoms with Crippen molar-refractivity contribution in [2.75, 3.05) is 6.54 Å². The van der Waals surface area contributed by atoms with E-state index in [1.54, 1.807) is 25.1 Å². The largest absolute Gasteiger partial charge is 0.355 e. The number of nitrogens with one attached hydrogen (secondary N) is 1. The molecule has 0 unspecified atom stereocenters. The molecule has 0 saturated carbocycles. The van der Waals surface area contributed by atoms with Crippen molar-refractivity contribution in [2.24, 2.45) is 0 Å². The maximum Gasteiger partial charge on any atom is 0.242 e. The number of rotatable bonds is 7. The highest BCUT2D eigenvalue weighted by Crippen LogP contribution is 2.17. The van der Waals surface area contributed by atoms with E-state index in [1.165, 1.54) is 11.0 Å². The second-order valence-electron chi connectivity index (χ2n) is 5.99. The second-order valence-corrected chi connectivity index (χ2v) is 6.91. The van der Waals surface area contributed by atoms with Crippen molar-refractivity contribution in [1.29, 1.82) is 0 Å². The molecule has 0 fully saturated rings. The molecule has 6 heteroatoms. The smallest absolute Gasteiger partial charge is 0.242 e.